The number of ketones is 2. The van der Waals surface area contributed by atoms with Crippen LogP contribution in [-0.4, -0.2) is 33.5 Å². The first-order chi connectivity index (χ1) is 11.6. The zero-order chi connectivity index (χ0) is 18.2. The average Bonchev–Trinajstić information content (AvgIpc) is 2.77. The zero-order valence-corrected chi connectivity index (χ0v) is 15.8. The molecule has 4 nitrogen and oxygen atoms in total. The fourth-order valence-electron chi connectivity index (χ4n) is 7.60. The van der Waals surface area contributed by atoms with Crippen molar-refractivity contribution in [3.05, 3.63) is 0 Å². The Morgan fingerprint density at radius 2 is 1.76 bits per heavy atom. The molecule has 0 aliphatic heterocycles. The van der Waals surface area contributed by atoms with Crippen molar-refractivity contribution in [2.45, 2.75) is 83.8 Å². The van der Waals surface area contributed by atoms with Gasteiger partial charge < -0.3 is 10.2 Å². The summed E-state index contributed by atoms with van der Waals surface area (Å²) >= 11 is 0. The van der Waals surface area contributed by atoms with Crippen LogP contribution in [0.4, 0.5) is 0 Å². The Bertz CT molecular complexity index is 613. The Labute approximate surface area is 150 Å². The lowest BCUT2D eigenvalue weighted by Gasteiger charge is -2.60. The second-order valence-corrected chi connectivity index (χ2v) is 9.93. The predicted octanol–water partition coefficient (Wildman–Crippen LogP) is 2.89. The Morgan fingerprint density at radius 3 is 2.44 bits per heavy atom. The summed E-state index contributed by atoms with van der Waals surface area (Å²) in [5, 5.41) is 21.4. The second kappa shape index (κ2) is 5.39. The molecule has 0 radical (unpaired) electrons. The maximum atomic E-state index is 12.7. The van der Waals surface area contributed by atoms with Gasteiger partial charge >= 0.3 is 0 Å². The summed E-state index contributed by atoms with van der Waals surface area (Å²) in [5.74, 6) is 1.88. The molecule has 4 rings (SSSR count). The molecule has 0 spiro atoms. The summed E-state index contributed by atoms with van der Waals surface area (Å²) in [6, 6.07) is 0. The van der Waals surface area contributed by atoms with E-state index < -0.39 is 17.1 Å². The van der Waals surface area contributed by atoms with Crippen LogP contribution in [0.2, 0.25) is 0 Å². The molecule has 4 fully saturated rings. The Hall–Kier alpha value is -0.740. The highest BCUT2D eigenvalue weighted by Gasteiger charge is 2.69. The van der Waals surface area contributed by atoms with Gasteiger partial charge in [0.25, 0.3) is 0 Å². The minimum atomic E-state index is -1.59. The van der Waals surface area contributed by atoms with Crippen molar-refractivity contribution in [1.82, 2.24) is 0 Å². The third-order valence-electron chi connectivity index (χ3n) is 9.18. The van der Waals surface area contributed by atoms with Crippen molar-refractivity contribution in [3.63, 3.8) is 0 Å². The molecular formula is C21H32O4. The van der Waals surface area contributed by atoms with E-state index in [1.54, 1.807) is 6.92 Å². The van der Waals surface area contributed by atoms with Gasteiger partial charge in [0.2, 0.25) is 0 Å². The van der Waals surface area contributed by atoms with Gasteiger partial charge in [-0.05, 0) is 68.1 Å². The van der Waals surface area contributed by atoms with E-state index in [0.717, 1.165) is 38.5 Å². The summed E-state index contributed by atoms with van der Waals surface area (Å²) < 4.78 is 0. The summed E-state index contributed by atoms with van der Waals surface area (Å²) in [4.78, 5) is 24.7. The maximum Gasteiger partial charge on any atom is 0.167 e. The molecule has 0 aromatic rings. The molecule has 4 aliphatic carbocycles. The zero-order valence-electron chi connectivity index (χ0n) is 15.8. The van der Waals surface area contributed by atoms with Crippen LogP contribution < -0.4 is 0 Å². The van der Waals surface area contributed by atoms with Crippen LogP contribution in [0.3, 0.4) is 0 Å². The number of aliphatic hydroxyl groups is 2. The summed E-state index contributed by atoms with van der Waals surface area (Å²) in [7, 11) is 0. The van der Waals surface area contributed by atoms with E-state index in [1.807, 2.05) is 6.92 Å². The number of rotatable bonds is 1. The monoisotopic (exact) mass is 348 g/mol. The highest BCUT2D eigenvalue weighted by atomic mass is 16.4. The maximum absolute atomic E-state index is 12.7. The van der Waals surface area contributed by atoms with Crippen molar-refractivity contribution in [1.29, 1.82) is 0 Å². The van der Waals surface area contributed by atoms with Gasteiger partial charge in [-0.15, -0.1) is 0 Å². The quantitative estimate of drug-likeness (QED) is 0.764. The minimum absolute atomic E-state index is 0.161. The van der Waals surface area contributed by atoms with E-state index in [4.69, 9.17) is 0 Å². The molecule has 4 heteroatoms. The molecule has 4 saturated carbocycles. The van der Waals surface area contributed by atoms with E-state index in [9.17, 15) is 19.8 Å². The average molecular weight is 348 g/mol. The summed E-state index contributed by atoms with van der Waals surface area (Å²) in [5.41, 5.74) is -1.91. The number of fused-ring (bicyclic) bond motifs is 5. The molecule has 4 aliphatic rings. The van der Waals surface area contributed by atoms with Gasteiger partial charge in [-0.3, -0.25) is 9.59 Å². The highest BCUT2D eigenvalue weighted by molar-refractivity contribution is 5.91. The van der Waals surface area contributed by atoms with Gasteiger partial charge in [-0.25, -0.2) is 0 Å². The smallest absolute Gasteiger partial charge is 0.167 e. The number of Topliss-reactive ketones (excluding diaryl/α,β-unsaturated/α-hetero) is 2. The third-order valence-corrected chi connectivity index (χ3v) is 9.18. The molecule has 0 heterocycles. The molecule has 0 bridgehead atoms. The molecule has 0 amide bonds. The van der Waals surface area contributed by atoms with Crippen molar-refractivity contribution in [3.8, 4) is 0 Å². The van der Waals surface area contributed by atoms with Gasteiger partial charge in [0.1, 0.15) is 5.78 Å². The van der Waals surface area contributed by atoms with Crippen molar-refractivity contribution in [2.24, 2.45) is 34.5 Å². The van der Waals surface area contributed by atoms with Gasteiger partial charge in [-0.2, -0.15) is 0 Å². The molecule has 8 atom stereocenters. The Morgan fingerprint density at radius 1 is 1.04 bits per heavy atom. The van der Waals surface area contributed by atoms with Gasteiger partial charge in [0.15, 0.2) is 11.4 Å². The van der Waals surface area contributed by atoms with Crippen LogP contribution in [-0.2, 0) is 9.59 Å². The highest BCUT2D eigenvalue weighted by Crippen LogP contribution is 2.67. The molecule has 2 N–H and O–H groups in total. The van der Waals surface area contributed by atoms with Crippen LogP contribution >= 0.6 is 0 Å². The van der Waals surface area contributed by atoms with Crippen LogP contribution in [0.15, 0.2) is 0 Å². The van der Waals surface area contributed by atoms with E-state index in [2.05, 4.69) is 6.92 Å². The van der Waals surface area contributed by atoms with Crippen molar-refractivity contribution >= 4 is 11.6 Å². The number of carbonyl (C=O) groups excluding carboxylic acids is 2. The fourth-order valence-corrected chi connectivity index (χ4v) is 7.60. The van der Waals surface area contributed by atoms with Crippen molar-refractivity contribution in [2.75, 3.05) is 0 Å². The topological polar surface area (TPSA) is 74.6 Å². The SMILES string of the molecule is CC(O)C1(O)C(=O)CC2C3CCC4CC(=O)CCC4(C)C3CCC21C. The lowest BCUT2D eigenvalue weighted by molar-refractivity contribution is -0.187. The molecule has 0 saturated heterocycles. The van der Waals surface area contributed by atoms with Crippen molar-refractivity contribution < 1.29 is 19.8 Å². The first kappa shape index (κ1) is 17.7. The molecular weight excluding hydrogens is 316 g/mol. The van der Waals surface area contributed by atoms with Gasteiger partial charge in [-0.1, -0.05) is 13.8 Å². The Balaban J connectivity index is 1.68. The second-order valence-electron chi connectivity index (χ2n) is 9.93. The van der Waals surface area contributed by atoms with E-state index in [0.29, 0.717) is 36.4 Å². The number of hydrogen-bond donors (Lipinski definition) is 2. The number of carbonyl (C=O) groups is 2. The number of hydrogen-bond acceptors (Lipinski definition) is 4. The molecule has 25 heavy (non-hydrogen) atoms. The normalized spacial score (nSPS) is 53.8. The van der Waals surface area contributed by atoms with Crippen LogP contribution in [0, 0.1) is 34.5 Å². The predicted molar refractivity (Wildman–Crippen MR) is 93.8 cm³/mol. The molecule has 0 aromatic carbocycles. The number of aliphatic hydroxyl groups excluding tert-OH is 1. The summed E-state index contributed by atoms with van der Waals surface area (Å²) in [6.07, 6.45) is 5.72. The van der Waals surface area contributed by atoms with E-state index >= 15 is 0 Å². The lowest BCUT2D eigenvalue weighted by atomic mass is 9.44. The van der Waals surface area contributed by atoms with Crippen LogP contribution in [0.5, 0.6) is 0 Å². The fraction of sp³-hybridized carbons (Fsp3) is 0.905. The standard InChI is InChI=1S/C21H32O4/c1-12(22)21(25)18(24)11-17-15-5-4-13-10-14(23)6-8-19(13,2)16(15)7-9-20(17,21)3/h12-13,15-17,22,25H,4-11H2,1-3H3. The molecule has 140 valence electrons. The first-order valence-electron chi connectivity index (χ1n) is 10.1. The summed E-state index contributed by atoms with van der Waals surface area (Å²) in [6.45, 7) is 5.97. The van der Waals surface area contributed by atoms with E-state index in [-0.39, 0.29) is 17.1 Å². The van der Waals surface area contributed by atoms with Gasteiger partial charge in [0.05, 0.1) is 6.10 Å². The minimum Gasteiger partial charge on any atom is -0.390 e. The van der Waals surface area contributed by atoms with Crippen LogP contribution in [0.25, 0.3) is 0 Å². The third kappa shape index (κ3) is 2.07. The lowest BCUT2D eigenvalue weighted by Crippen LogP contribution is -2.60. The molecule has 8 unspecified atom stereocenters. The molecule has 0 aromatic heterocycles. The largest absolute Gasteiger partial charge is 0.390 e. The Kier molecular flexibility index (Phi) is 3.81. The van der Waals surface area contributed by atoms with E-state index in [1.165, 1.54) is 0 Å². The van der Waals surface area contributed by atoms with Crippen LogP contribution in [0.1, 0.15) is 72.1 Å². The first-order valence-corrected chi connectivity index (χ1v) is 10.1. The van der Waals surface area contributed by atoms with Gasteiger partial charge in [0, 0.05) is 24.7 Å².